The maximum absolute atomic E-state index is 13.1. The topological polar surface area (TPSA) is 200 Å². The molecule has 0 bridgehead atoms. The van der Waals surface area contributed by atoms with Gasteiger partial charge in [0.25, 0.3) is 0 Å². The molecule has 2 aromatic rings. The van der Waals surface area contributed by atoms with E-state index in [0.29, 0.717) is 46.8 Å². The number of carbonyl (C=O) groups is 2. The van der Waals surface area contributed by atoms with Crippen LogP contribution in [0.1, 0.15) is 36.4 Å². The summed E-state index contributed by atoms with van der Waals surface area (Å²) in [6, 6.07) is 5.88. The summed E-state index contributed by atoms with van der Waals surface area (Å²) in [6.45, 7) is -0.518. The summed E-state index contributed by atoms with van der Waals surface area (Å²) in [6.07, 6.45) is -7.77. The lowest BCUT2D eigenvalue weighted by Crippen LogP contribution is -2.58. The van der Waals surface area contributed by atoms with Crippen LogP contribution in [-0.4, -0.2) is 98.1 Å². The van der Waals surface area contributed by atoms with E-state index in [1.54, 1.807) is 12.1 Å². The Morgan fingerprint density at radius 2 is 1.59 bits per heavy atom. The molecule has 14 nitrogen and oxygen atoms in total. The lowest BCUT2D eigenvalue weighted by molar-refractivity contribution is -0.287. The number of benzene rings is 1. The molecular formula is C30H37NO13. The molecule has 1 amide bonds. The third-order valence-corrected chi connectivity index (χ3v) is 7.71. The highest BCUT2D eigenvalue weighted by Crippen LogP contribution is 2.50. The first-order chi connectivity index (χ1) is 21.0. The van der Waals surface area contributed by atoms with Gasteiger partial charge >= 0.3 is 5.97 Å². The van der Waals surface area contributed by atoms with Crippen LogP contribution in [0.2, 0.25) is 0 Å². The van der Waals surface area contributed by atoms with Gasteiger partial charge in [-0.15, -0.1) is 0 Å². The molecule has 0 aromatic heterocycles. The fraction of sp³-hybridized carbons (Fsp3) is 0.500. The highest BCUT2D eigenvalue weighted by atomic mass is 16.7. The Hall–Kier alpha value is -3.95. The van der Waals surface area contributed by atoms with Gasteiger partial charge in [0.05, 0.1) is 40.9 Å². The number of esters is 1. The molecule has 14 heteroatoms. The Morgan fingerprint density at radius 3 is 2.25 bits per heavy atom. The van der Waals surface area contributed by atoms with E-state index >= 15 is 0 Å². The van der Waals surface area contributed by atoms with E-state index in [9.17, 15) is 34.8 Å². The van der Waals surface area contributed by atoms with Crippen LogP contribution in [0.15, 0.2) is 29.1 Å². The summed E-state index contributed by atoms with van der Waals surface area (Å²) >= 11 is 0. The second-order valence-electron chi connectivity index (χ2n) is 10.3. The van der Waals surface area contributed by atoms with E-state index in [1.807, 2.05) is 6.07 Å². The molecule has 5 N–H and O–H groups in total. The maximum Gasteiger partial charge on any atom is 0.306 e. The number of aliphatic hydroxyl groups excluding tert-OH is 4. The van der Waals surface area contributed by atoms with Crippen molar-refractivity contribution < 1.29 is 58.4 Å². The van der Waals surface area contributed by atoms with Gasteiger partial charge in [-0.25, -0.2) is 0 Å². The lowest BCUT2D eigenvalue weighted by atomic mass is 9.95. The largest absolute Gasteiger partial charge is 0.493 e. The quantitative estimate of drug-likeness (QED) is 0.222. The van der Waals surface area contributed by atoms with Gasteiger partial charge in [0.1, 0.15) is 31.0 Å². The van der Waals surface area contributed by atoms with Crippen molar-refractivity contribution in [2.75, 3.05) is 35.0 Å². The van der Waals surface area contributed by atoms with Crippen molar-refractivity contribution in [3.63, 3.8) is 0 Å². The van der Waals surface area contributed by atoms with Crippen LogP contribution in [0.3, 0.4) is 0 Å². The highest BCUT2D eigenvalue weighted by Gasteiger charge is 2.43. The lowest BCUT2D eigenvalue weighted by Gasteiger charge is -2.37. The zero-order valence-corrected chi connectivity index (χ0v) is 24.8. The molecule has 6 atom stereocenters. The standard InChI is InChI=1S/C30H37NO13/c1-39-19-8-6-15-16(12-18(19)32)17(7-5-14-11-20(40-2)28(41-3)29(42-4)24(14)15)31-22(33)9-10-23(34)43-13-21-25(35)26(36)27(37)30(38)44-21/h6,8,11-12,17,21,25-27,30,35-38H,5,7,9-10,13H2,1-4H3,(H,31,33)/t17-,21+,25+,26-,27+,30?/m0/s1. The Labute approximate surface area is 253 Å². The molecule has 1 heterocycles. The predicted octanol–water partition coefficient (Wildman–Crippen LogP) is -0.0250. The average molecular weight is 620 g/mol. The minimum atomic E-state index is -1.77. The van der Waals surface area contributed by atoms with Crippen LogP contribution in [0.5, 0.6) is 23.0 Å². The molecule has 4 rings (SSSR count). The third kappa shape index (κ3) is 6.74. The Kier molecular flexibility index (Phi) is 10.7. The number of fused-ring (bicyclic) bond motifs is 3. The van der Waals surface area contributed by atoms with E-state index in [2.05, 4.69) is 5.32 Å². The fourth-order valence-corrected chi connectivity index (χ4v) is 5.41. The number of aliphatic hydroxyl groups is 4. The van der Waals surface area contributed by atoms with Gasteiger partial charge in [-0.3, -0.25) is 14.4 Å². The number of methoxy groups -OCH3 is 4. The predicted molar refractivity (Wildman–Crippen MR) is 153 cm³/mol. The molecule has 0 radical (unpaired) electrons. The van der Waals surface area contributed by atoms with Crippen LogP contribution in [0.4, 0.5) is 0 Å². The number of hydrogen-bond acceptors (Lipinski definition) is 13. The van der Waals surface area contributed by atoms with Crippen LogP contribution < -0.4 is 29.7 Å². The Balaban J connectivity index is 1.53. The van der Waals surface area contributed by atoms with Crippen LogP contribution in [-0.2, 0) is 25.5 Å². The zero-order valence-electron chi connectivity index (χ0n) is 24.8. The first-order valence-electron chi connectivity index (χ1n) is 13.9. The zero-order chi connectivity index (χ0) is 32.1. The van der Waals surface area contributed by atoms with Gasteiger partial charge in [0, 0.05) is 12.0 Å². The van der Waals surface area contributed by atoms with Gasteiger partial charge in [0.15, 0.2) is 23.5 Å². The first kappa shape index (κ1) is 33.0. The molecule has 44 heavy (non-hydrogen) atoms. The van der Waals surface area contributed by atoms with Crippen molar-refractivity contribution >= 4 is 11.9 Å². The van der Waals surface area contributed by atoms with Crippen molar-refractivity contribution in [3.8, 4) is 34.1 Å². The van der Waals surface area contributed by atoms with Gasteiger partial charge in [-0.1, -0.05) is 6.07 Å². The van der Waals surface area contributed by atoms with E-state index < -0.39 is 60.7 Å². The van der Waals surface area contributed by atoms with Crippen molar-refractivity contribution in [2.45, 2.75) is 62.4 Å². The first-order valence-corrected chi connectivity index (χ1v) is 13.9. The fourth-order valence-electron chi connectivity index (χ4n) is 5.41. The minimum Gasteiger partial charge on any atom is -0.493 e. The van der Waals surface area contributed by atoms with E-state index in [4.69, 9.17) is 28.4 Å². The van der Waals surface area contributed by atoms with Crippen molar-refractivity contribution in [2.24, 2.45) is 0 Å². The summed E-state index contributed by atoms with van der Waals surface area (Å²) in [4.78, 5) is 38.4. The van der Waals surface area contributed by atoms with Crippen molar-refractivity contribution in [1.29, 1.82) is 0 Å². The molecule has 2 aliphatic rings. The number of rotatable bonds is 10. The summed E-state index contributed by atoms with van der Waals surface area (Å²) in [7, 11) is 5.89. The Morgan fingerprint density at radius 1 is 0.886 bits per heavy atom. The van der Waals surface area contributed by atoms with E-state index in [-0.39, 0.29) is 18.6 Å². The van der Waals surface area contributed by atoms with Crippen LogP contribution in [0.25, 0.3) is 11.1 Å². The van der Waals surface area contributed by atoms with Gasteiger partial charge < -0.3 is 54.2 Å². The third-order valence-electron chi connectivity index (χ3n) is 7.71. The Bertz CT molecular complexity index is 1430. The van der Waals surface area contributed by atoms with Gasteiger partial charge in [-0.2, -0.15) is 0 Å². The molecule has 240 valence electrons. The van der Waals surface area contributed by atoms with Crippen molar-refractivity contribution in [3.05, 3.63) is 45.6 Å². The average Bonchev–Trinajstić information content (AvgIpc) is 3.26. The van der Waals surface area contributed by atoms with Gasteiger partial charge in [0.2, 0.25) is 17.1 Å². The summed E-state index contributed by atoms with van der Waals surface area (Å²) in [5.74, 6) is 0.0549. The molecule has 1 aliphatic heterocycles. The molecule has 0 saturated carbocycles. The monoisotopic (exact) mass is 619 g/mol. The maximum atomic E-state index is 13.1. The summed E-state index contributed by atoms with van der Waals surface area (Å²) in [5, 5.41) is 41.9. The van der Waals surface area contributed by atoms with Crippen LogP contribution in [0, 0.1) is 0 Å². The molecule has 1 fully saturated rings. The summed E-state index contributed by atoms with van der Waals surface area (Å²) in [5.41, 5.74) is 2.25. The molecule has 2 aromatic carbocycles. The SMILES string of the molecule is COc1cc2c(c(OC)c1OC)-c1ccc(OC)c(=O)cc1[C@@H](NC(=O)CCC(=O)OC[C@H]1OC(O)[C@H](O)[C@@H](O)[C@@H]1O)CC2. The normalized spacial score (nSPS) is 24.2. The smallest absolute Gasteiger partial charge is 0.306 e. The number of ether oxygens (including phenoxy) is 6. The number of aryl methyl sites for hydroxylation is 1. The molecule has 1 unspecified atom stereocenters. The van der Waals surface area contributed by atoms with E-state index in [1.165, 1.54) is 34.5 Å². The second kappa shape index (κ2) is 14.2. The molecule has 1 aliphatic carbocycles. The molecule has 1 saturated heterocycles. The van der Waals surface area contributed by atoms with E-state index in [0.717, 1.165) is 5.56 Å². The summed E-state index contributed by atoms with van der Waals surface area (Å²) < 4.78 is 32.2. The number of amides is 1. The number of carbonyl (C=O) groups excluding carboxylic acids is 2. The minimum absolute atomic E-state index is 0.105. The van der Waals surface area contributed by atoms with Crippen LogP contribution >= 0.6 is 0 Å². The van der Waals surface area contributed by atoms with Gasteiger partial charge in [-0.05, 0) is 47.7 Å². The number of hydrogen-bond donors (Lipinski definition) is 5. The molecular weight excluding hydrogens is 582 g/mol. The second-order valence-corrected chi connectivity index (χ2v) is 10.3. The van der Waals surface area contributed by atoms with Crippen molar-refractivity contribution in [1.82, 2.24) is 5.32 Å². The molecule has 0 spiro atoms. The highest BCUT2D eigenvalue weighted by molar-refractivity contribution is 5.85. The number of nitrogens with one attached hydrogen (secondary N) is 1.